The van der Waals surface area contributed by atoms with Crippen LogP contribution in [0.5, 0.6) is 0 Å². The molecule has 7 nitrogen and oxygen atoms in total. The minimum Gasteiger partial charge on any atom is -0.444 e. The molecular weight excluding hydrogens is 425 g/mol. The fourth-order valence-corrected chi connectivity index (χ4v) is 3.86. The molecule has 0 radical (unpaired) electrons. The van der Waals surface area contributed by atoms with Gasteiger partial charge in [0.15, 0.2) is 0 Å². The monoisotopic (exact) mass is 458 g/mol. The van der Waals surface area contributed by atoms with Crippen molar-refractivity contribution < 1.29 is 27.5 Å². The average molecular weight is 459 g/mol. The maximum Gasteiger partial charge on any atom is 0.417 e. The van der Waals surface area contributed by atoms with E-state index in [1.165, 1.54) is 11.8 Å². The number of amides is 2. The van der Waals surface area contributed by atoms with Crippen LogP contribution in [0.1, 0.15) is 65.6 Å². The van der Waals surface area contributed by atoms with Gasteiger partial charge in [-0.05, 0) is 47.6 Å². The fourth-order valence-electron chi connectivity index (χ4n) is 3.86. The van der Waals surface area contributed by atoms with Crippen molar-refractivity contribution in [2.45, 2.75) is 72.3 Å². The highest BCUT2D eigenvalue weighted by atomic mass is 19.4. The van der Waals surface area contributed by atoms with Crippen LogP contribution in [0.2, 0.25) is 0 Å². The number of nitrogens with zero attached hydrogens (tertiary/aromatic N) is 4. The summed E-state index contributed by atoms with van der Waals surface area (Å²) in [5.74, 6) is 0.159. The lowest BCUT2D eigenvalue weighted by molar-refractivity contribution is -0.137. The van der Waals surface area contributed by atoms with Gasteiger partial charge in [-0.2, -0.15) is 13.2 Å². The van der Waals surface area contributed by atoms with E-state index in [-0.39, 0.29) is 11.9 Å². The normalized spacial score (nSPS) is 16.2. The first-order valence-corrected chi connectivity index (χ1v) is 10.7. The molecule has 2 amide bonds. The number of rotatable bonds is 4. The molecule has 1 aromatic rings. The smallest absolute Gasteiger partial charge is 0.417 e. The third-order valence-corrected chi connectivity index (χ3v) is 5.24. The number of pyridine rings is 1. The summed E-state index contributed by atoms with van der Waals surface area (Å²) in [5, 5.41) is 0. The van der Waals surface area contributed by atoms with Crippen LogP contribution in [0.25, 0.3) is 0 Å². The second-order valence-electron chi connectivity index (χ2n) is 9.29. The summed E-state index contributed by atoms with van der Waals surface area (Å²) in [6.45, 7) is 13.6. The van der Waals surface area contributed by atoms with Crippen LogP contribution in [-0.4, -0.2) is 64.6 Å². The summed E-state index contributed by atoms with van der Waals surface area (Å²) in [6.07, 6.45) is -4.15. The topological polar surface area (TPSA) is 66.0 Å². The molecule has 0 unspecified atom stereocenters. The predicted octanol–water partition coefficient (Wildman–Crippen LogP) is 4.48. The molecular formula is C22H33F3N4O3. The number of halogens is 3. The van der Waals surface area contributed by atoms with E-state index >= 15 is 0 Å². The Morgan fingerprint density at radius 2 is 1.66 bits per heavy atom. The van der Waals surface area contributed by atoms with Crippen molar-refractivity contribution in [2.24, 2.45) is 0 Å². The molecule has 1 fully saturated rings. The Labute approximate surface area is 187 Å². The third kappa shape index (κ3) is 6.26. The second kappa shape index (κ2) is 9.54. The number of aromatic nitrogens is 1. The summed E-state index contributed by atoms with van der Waals surface area (Å²) in [4.78, 5) is 33.7. The number of piperazine rings is 1. The molecule has 1 saturated heterocycles. The van der Waals surface area contributed by atoms with Crippen LogP contribution in [0, 0.1) is 0 Å². The van der Waals surface area contributed by atoms with E-state index in [4.69, 9.17) is 4.74 Å². The Morgan fingerprint density at radius 1 is 1.09 bits per heavy atom. The van der Waals surface area contributed by atoms with E-state index in [1.807, 2.05) is 18.7 Å². The zero-order valence-electron chi connectivity index (χ0n) is 19.8. The van der Waals surface area contributed by atoms with Crippen molar-refractivity contribution >= 4 is 17.8 Å². The highest BCUT2D eigenvalue weighted by molar-refractivity contribution is 5.74. The SMILES string of the molecule is CC(=O)N(C(C)C)[C@H](C)c1cc(C(F)(F)F)cnc1N1CCN(C(=O)OC(C)(C)C)CC1. The molecule has 32 heavy (non-hydrogen) atoms. The summed E-state index contributed by atoms with van der Waals surface area (Å²) in [5.41, 5.74) is -1.14. The van der Waals surface area contributed by atoms with E-state index in [2.05, 4.69) is 4.98 Å². The lowest BCUT2D eigenvalue weighted by atomic mass is 10.0. The van der Waals surface area contributed by atoms with Gasteiger partial charge in [-0.3, -0.25) is 4.79 Å². The molecule has 0 aromatic carbocycles. The third-order valence-electron chi connectivity index (χ3n) is 5.24. The summed E-state index contributed by atoms with van der Waals surface area (Å²) in [7, 11) is 0. The molecule has 2 heterocycles. The molecule has 10 heteroatoms. The van der Waals surface area contributed by atoms with E-state index in [0.717, 1.165) is 12.3 Å². The van der Waals surface area contributed by atoms with Gasteiger partial charge in [-0.25, -0.2) is 9.78 Å². The molecule has 0 aliphatic carbocycles. The number of carbonyl (C=O) groups excluding carboxylic acids is 2. The number of anilines is 1. The molecule has 0 saturated carbocycles. The van der Waals surface area contributed by atoms with Crippen LogP contribution in [0.3, 0.4) is 0 Å². The van der Waals surface area contributed by atoms with Crippen molar-refractivity contribution in [3.63, 3.8) is 0 Å². The first-order valence-electron chi connectivity index (χ1n) is 10.7. The zero-order chi connectivity index (χ0) is 24.4. The number of hydrogen-bond acceptors (Lipinski definition) is 5. The van der Waals surface area contributed by atoms with Gasteiger partial charge in [0.25, 0.3) is 0 Å². The molecule has 1 aliphatic heterocycles. The van der Waals surface area contributed by atoms with Crippen molar-refractivity contribution in [1.82, 2.24) is 14.8 Å². The Balaban J connectivity index is 2.34. The van der Waals surface area contributed by atoms with Gasteiger partial charge in [0, 0.05) is 50.9 Å². The Bertz CT molecular complexity index is 829. The first-order chi connectivity index (χ1) is 14.6. The largest absolute Gasteiger partial charge is 0.444 e. The van der Waals surface area contributed by atoms with Gasteiger partial charge in [0.05, 0.1) is 11.6 Å². The van der Waals surface area contributed by atoms with Gasteiger partial charge < -0.3 is 19.4 Å². The number of ether oxygens (including phenoxy) is 1. The molecule has 1 aromatic heterocycles. The Kier molecular flexibility index (Phi) is 7.67. The van der Waals surface area contributed by atoms with Gasteiger partial charge in [-0.15, -0.1) is 0 Å². The van der Waals surface area contributed by atoms with Gasteiger partial charge in [0.1, 0.15) is 11.4 Å². The summed E-state index contributed by atoms with van der Waals surface area (Å²) >= 11 is 0. The van der Waals surface area contributed by atoms with Gasteiger partial charge >= 0.3 is 12.3 Å². The van der Waals surface area contributed by atoms with Crippen molar-refractivity contribution in [2.75, 3.05) is 31.1 Å². The van der Waals surface area contributed by atoms with Crippen LogP contribution in [0.15, 0.2) is 12.3 Å². The lowest BCUT2D eigenvalue weighted by Gasteiger charge is -2.39. The molecule has 0 bridgehead atoms. The minimum atomic E-state index is -4.55. The number of hydrogen-bond donors (Lipinski definition) is 0. The van der Waals surface area contributed by atoms with Crippen molar-refractivity contribution in [1.29, 1.82) is 0 Å². The van der Waals surface area contributed by atoms with Crippen LogP contribution in [-0.2, 0) is 15.7 Å². The zero-order valence-corrected chi connectivity index (χ0v) is 19.8. The average Bonchev–Trinajstić information content (AvgIpc) is 2.65. The standard InChI is InChI=1S/C22H33F3N4O3/c1-14(2)29(16(4)30)15(3)18-12-17(22(23,24)25)13-26-19(18)27-8-10-28(11-9-27)20(31)32-21(5,6)7/h12-15H,8-11H2,1-7H3/t15-/m1/s1. The minimum absolute atomic E-state index is 0.200. The Morgan fingerprint density at radius 3 is 2.09 bits per heavy atom. The van der Waals surface area contributed by atoms with Crippen LogP contribution < -0.4 is 4.90 Å². The quantitative estimate of drug-likeness (QED) is 0.666. The second-order valence-corrected chi connectivity index (χ2v) is 9.29. The van der Waals surface area contributed by atoms with Crippen LogP contribution >= 0.6 is 0 Å². The lowest BCUT2D eigenvalue weighted by Crippen LogP contribution is -2.50. The van der Waals surface area contributed by atoms with E-state index in [9.17, 15) is 22.8 Å². The molecule has 1 atom stereocenters. The highest BCUT2D eigenvalue weighted by Crippen LogP contribution is 2.36. The highest BCUT2D eigenvalue weighted by Gasteiger charge is 2.35. The number of alkyl halides is 3. The van der Waals surface area contributed by atoms with Crippen molar-refractivity contribution in [3.8, 4) is 0 Å². The number of carbonyl (C=O) groups is 2. The van der Waals surface area contributed by atoms with E-state index in [0.29, 0.717) is 37.6 Å². The predicted molar refractivity (Wildman–Crippen MR) is 115 cm³/mol. The van der Waals surface area contributed by atoms with Gasteiger partial charge in [-0.1, -0.05) is 0 Å². The molecule has 180 valence electrons. The Hall–Kier alpha value is -2.52. The summed E-state index contributed by atoms with van der Waals surface area (Å²) in [6, 6.07) is 0.265. The first kappa shape index (κ1) is 25.7. The van der Waals surface area contributed by atoms with Crippen molar-refractivity contribution in [3.05, 3.63) is 23.4 Å². The summed E-state index contributed by atoms with van der Waals surface area (Å²) < 4.78 is 45.6. The molecule has 0 spiro atoms. The molecule has 1 aliphatic rings. The van der Waals surface area contributed by atoms with Gasteiger partial charge in [0.2, 0.25) is 5.91 Å². The molecule has 0 N–H and O–H groups in total. The van der Waals surface area contributed by atoms with Crippen LogP contribution in [0.4, 0.5) is 23.8 Å². The maximum absolute atomic E-state index is 13.4. The maximum atomic E-state index is 13.4. The van der Waals surface area contributed by atoms with E-state index in [1.54, 1.807) is 32.6 Å². The molecule has 2 rings (SSSR count). The fraction of sp³-hybridized carbons (Fsp3) is 0.682. The van der Waals surface area contributed by atoms with E-state index < -0.39 is 29.5 Å².